The van der Waals surface area contributed by atoms with E-state index in [1.54, 1.807) is 0 Å². The molecule has 2 aliphatic rings. The fourth-order valence-electron chi connectivity index (χ4n) is 2.75. The van der Waals surface area contributed by atoms with E-state index in [1.165, 1.54) is 0 Å². The number of methoxy groups -OCH3 is 1. The van der Waals surface area contributed by atoms with Gasteiger partial charge in [-0.3, -0.25) is 0 Å². The molecule has 0 saturated carbocycles. The van der Waals surface area contributed by atoms with Crippen molar-refractivity contribution < 1.29 is 83.9 Å². The van der Waals surface area contributed by atoms with Crippen LogP contribution in [0.2, 0.25) is 0 Å². The molecule has 2 aliphatic heterocycles. The van der Waals surface area contributed by atoms with E-state index in [2.05, 4.69) is 0 Å². The van der Waals surface area contributed by atoms with Crippen LogP contribution in [0.5, 0.6) is 0 Å². The molecule has 13 heteroatoms. The van der Waals surface area contributed by atoms with Gasteiger partial charge in [-0.05, 0) is 0 Å². The van der Waals surface area contributed by atoms with Crippen LogP contribution in [0.3, 0.4) is 0 Å². The van der Waals surface area contributed by atoms with Gasteiger partial charge in [0.05, 0.1) is 18.6 Å². The van der Waals surface area contributed by atoms with Crippen LogP contribution in [0.4, 0.5) is 0 Å². The minimum absolute atomic E-state index is 0. The van der Waals surface area contributed by atoms with Gasteiger partial charge in [0, 0.05) is 7.11 Å². The average molecular weight is 391 g/mol. The maximum absolute atomic E-state index is 11.3. The molecule has 0 radical (unpaired) electrons. The van der Waals surface area contributed by atoms with Crippen molar-refractivity contribution in [3.8, 4) is 0 Å². The second kappa shape index (κ2) is 10.0. The van der Waals surface area contributed by atoms with E-state index in [9.17, 15) is 30.3 Å². The average Bonchev–Trinajstić information content (AvgIpc) is 2.59. The largest absolute Gasteiger partial charge is 1.00 e. The van der Waals surface area contributed by atoms with Gasteiger partial charge < -0.3 is 60.1 Å². The normalized spacial score (nSPS) is 46.4. The summed E-state index contributed by atoms with van der Waals surface area (Å²) in [6.45, 7) is -0.674. The minimum atomic E-state index is -1.84. The fraction of sp³-hybridized carbons (Fsp3) is 0.923. The minimum Gasteiger partial charge on any atom is -0.547 e. The topological polar surface area (TPSA) is 204 Å². The number of carbonyl (C=O) groups excluding carboxylic acids is 1. The molecule has 0 aromatic heterocycles. The van der Waals surface area contributed by atoms with Crippen molar-refractivity contribution in [2.24, 2.45) is 5.73 Å². The summed E-state index contributed by atoms with van der Waals surface area (Å²) >= 11 is 0. The molecular weight excluding hydrogens is 369 g/mol. The summed E-state index contributed by atoms with van der Waals surface area (Å²) in [6, 6.07) is -1.33. The molecule has 7 N–H and O–H groups in total. The number of carboxylic acids is 1. The smallest absolute Gasteiger partial charge is 0.547 e. The van der Waals surface area contributed by atoms with Gasteiger partial charge in [-0.25, -0.2) is 0 Å². The van der Waals surface area contributed by atoms with Gasteiger partial charge in [0.15, 0.2) is 12.6 Å². The Balaban J connectivity index is 0.00000338. The van der Waals surface area contributed by atoms with E-state index in [0.717, 1.165) is 7.11 Å². The summed E-state index contributed by atoms with van der Waals surface area (Å²) in [4.78, 5) is 11.3. The third kappa shape index (κ3) is 4.72. The number of rotatable bonds is 5. The standard InChI is InChI=1S/C13H23NO11.Na/c1-22-13-8(19)7(18)9(10(25-13)11(20)21)24-12-4(14)6(17)5(16)3(2-15)23-12;/h3-10,12-13,15-19H,2,14H2,1H3,(H,20,21);/q;+1/p-1/t3-,4-,5-,6-,7-,8-,9+,10-,12-,13-;/m1./s1. The Labute approximate surface area is 170 Å². The summed E-state index contributed by atoms with van der Waals surface area (Å²) in [5.41, 5.74) is 5.69. The van der Waals surface area contributed by atoms with Crippen molar-refractivity contribution in [1.29, 1.82) is 0 Å². The van der Waals surface area contributed by atoms with Crippen LogP contribution in [-0.4, -0.2) is 107 Å². The quantitative estimate of drug-likeness (QED) is 0.242. The first-order chi connectivity index (χ1) is 11.7. The van der Waals surface area contributed by atoms with Gasteiger partial charge in [0.25, 0.3) is 0 Å². The Hall–Kier alpha value is 0.0700. The number of hydrogen-bond donors (Lipinski definition) is 6. The predicted octanol–water partition coefficient (Wildman–Crippen LogP) is -9.02. The van der Waals surface area contributed by atoms with E-state index in [1.807, 2.05) is 0 Å². The molecular formula is C13H22NNaO11. The number of nitrogens with two attached hydrogens (primary N) is 1. The maximum atomic E-state index is 11.3. The fourth-order valence-corrected chi connectivity index (χ4v) is 2.75. The van der Waals surface area contributed by atoms with Crippen LogP contribution in [0, 0.1) is 0 Å². The van der Waals surface area contributed by atoms with Crippen molar-refractivity contribution in [3.05, 3.63) is 0 Å². The SMILES string of the molecule is CO[C@@H]1O[C@@H](C(=O)[O-])[C@@H](O[C@H]2O[C@H](CO)[C@@H](O)[C@H](O)[C@H]2N)[C@H](O)[C@H]1O.[Na+]. The molecule has 2 saturated heterocycles. The number of ether oxygens (including phenoxy) is 4. The van der Waals surface area contributed by atoms with E-state index in [-0.39, 0.29) is 29.6 Å². The van der Waals surface area contributed by atoms with Crippen LogP contribution in [0.15, 0.2) is 0 Å². The monoisotopic (exact) mass is 391 g/mol. The summed E-state index contributed by atoms with van der Waals surface area (Å²) < 4.78 is 20.2. The summed E-state index contributed by atoms with van der Waals surface area (Å²) in [5.74, 6) is -1.75. The number of aliphatic carboxylic acids is 1. The zero-order chi connectivity index (χ0) is 18.9. The van der Waals surface area contributed by atoms with Crippen molar-refractivity contribution in [2.45, 2.75) is 61.3 Å². The van der Waals surface area contributed by atoms with Gasteiger partial charge in [0.2, 0.25) is 0 Å². The second-order valence-electron chi connectivity index (χ2n) is 5.85. The molecule has 10 atom stereocenters. The molecule has 0 spiro atoms. The number of carboxylic acid groups (broad SMARTS) is 1. The van der Waals surface area contributed by atoms with Crippen molar-refractivity contribution in [2.75, 3.05) is 13.7 Å². The zero-order valence-corrected chi connectivity index (χ0v) is 16.2. The summed E-state index contributed by atoms with van der Waals surface area (Å²) in [5, 5.41) is 60.1. The van der Waals surface area contributed by atoms with Crippen LogP contribution >= 0.6 is 0 Å². The molecule has 2 rings (SSSR count). The van der Waals surface area contributed by atoms with Crippen molar-refractivity contribution in [3.63, 3.8) is 0 Å². The summed E-state index contributed by atoms with van der Waals surface area (Å²) in [7, 11) is 1.14. The maximum Gasteiger partial charge on any atom is 1.00 e. The Morgan fingerprint density at radius 2 is 1.69 bits per heavy atom. The third-order valence-electron chi connectivity index (χ3n) is 4.23. The molecule has 12 nitrogen and oxygen atoms in total. The predicted molar refractivity (Wildman–Crippen MR) is 73.3 cm³/mol. The van der Waals surface area contributed by atoms with Crippen LogP contribution in [0.25, 0.3) is 0 Å². The Morgan fingerprint density at radius 1 is 1.08 bits per heavy atom. The first kappa shape index (κ1) is 24.1. The van der Waals surface area contributed by atoms with Crippen LogP contribution in [-0.2, 0) is 23.7 Å². The van der Waals surface area contributed by atoms with Gasteiger partial charge in [-0.15, -0.1) is 0 Å². The molecule has 2 fully saturated rings. The van der Waals surface area contributed by atoms with Crippen LogP contribution in [0.1, 0.15) is 0 Å². The van der Waals surface area contributed by atoms with E-state index in [0.29, 0.717) is 0 Å². The Morgan fingerprint density at radius 3 is 2.19 bits per heavy atom. The van der Waals surface area contributed by atoms with Crippen molar-refractivity contribution >= 4 is 5.97 Å². The molecule has 0 amide bonds. The van der Waals surface area contributed by atoms with E-state index >= 15 is 0 Å². The van der Waals surface area contributed by atoms with Gasteiger partial charge in [-0.1, -0.05) is 0 Å². The van der Waals surface area contributed by atoms with E-state index in [4.69, 9.17) is 29.8 Å². The molecule has 2 heterocycles. The molecule has 146 valence electrons. The molecule has 0 bridgehead atoms. The number of aliphatic hydroxyl groups excluding tert-OH is 5. The number of aliphatic hydroxyl groups is 5. The Kier molecular flexibility index (Phi) is 9.29. The van der Waals surface area contributed by atoms with Gasteiger partial charge in [-0.2, -0.15) is 0 Å². The molecule has 0 aliphatic carbocycles. The van der Waals surface area contributed by atoms with Gasteiger partial charge in [0.1, 0.15) is 42.7 Å². The first-order valence-corrected chi connectivity index (χ1v) is 7.51. The second-order valence-corrected chi connectivity index (χ2v) is 5.85. The number of hydrogen-bond acceptors (Lipinski definition) is 12. The molecule has 0 aromatic carbocycles. The third-order valence-corrected chi connectivity index (χ3v) is 4.23. The van der Waals surface area contributed by atoms with Crippen molar-refractivity contribution in [1.82, 2.24) is 0 Å². The molecule has 0 aromatic rings. The van der Waals surface area contributed by atoms with E-state index < -0.39 is 73.9 Å². The number of carbonyl (C=O) groups is 1. The summed E-state index contributed by atoms with van der Waals surface area (Å²) in [6.07, 6.45) is -14.2. The van der Waals surface area contributed by atoms with Gasteiger partial charge >= 0.3 is 29.6 Å². The Bertz CT molecular complexity index is 469. The first-order valence-electron chi connectivity index (χ1n) is 7.51. The zero-order valence-electron chi connectivity index (χ0n) is 14.2. The molecule has 26 heavy (non-hydrogen) atoms. The molecule has 0 unspecified atom stereocenters. The van der Waals surface area contributed by atoms with Crippen LogP contribution < -0.4 is 40.4 Å².